The van der Waals surface area contributed by atoms with Gasteiger partial charge in [0.15, 0.2) is 0 Å². The average Bonchev–Trinajstić information content (AvgIpc) is 3.33. The highest BCUT2D eigenvalue weighted by Crippen LogP contribution is 2.45. The third kappa shape index (κ3) is 4.17. The highest BCUT2D eigenvalue weighted by atomic mass is 16.5. The first-order chi connectivity index (χ1) is 16.2. The zero-order chi connectivity index (χ0) is 24.6. The molecule has 4 rings (SSSR count). The molecule has 1 aromatic heterocycles. The number of aromatic hydroxyl groups is 1. The lowest BCUT2D eigenvalue weighted by molar-refractivity contribution is -0.132. The van der Waals surface area contributed by atoms with Gasteiger partial charge in [-0.3, -0.25) is 14.5 Å². The SMILES string of the molecule is Cc1ccc(C2/C(=C(/O)c3ccc(OCC(C)C)c(C)c3)C(=O)C(=O)N2c2ccccc2O)o1. The number of amides is 1. The number of hydrogen-bond donors (Lipinski definition) is 2. The smallest absolute Gasteiger partial charge is 0.300 e. The molecular weight excluding hydrogens is 434 g/mol. The fourth-order valence-corrected chi connectivity index (χ4v) is 3.99. The van der Waals surface area contributed by atoms with Crippen LogP contribution in [0.2, 0.25) is 0 Å². The molecule has 0 spiro atoms. The first kappa shape index (κ1) is 23.2. The number of rotatable bonds is 6. The summed E-state index contributed by atoms with van der Waals surface area (Å²) in [7, 11) is 0. The van der Waals surface area contributed by atoms with Gasteiger partial charge < -0.3 is 19.4 Å². The molecule has 7 heteroatoms. The molecule has 7 nitrogen and oxygen atoms in total. The van der Waals surface area contributed by atoms with E-state index in [0.717, 1.165) is 10.5 Å². The van der Waals surface area contributed by atoms with Gasteiger partial charge in [0.25, 0.3) is 11.7 Å². The van der Waals surface area contributed by atoms with Gasteiger partial charge in [0, 0.05) is 5.56 Å². The second-order valence-corrected chi connectivity index (χ2v) is 8.79. The van der Waals surface area contributed by atoms with Crippen molar-refractivity contribution in [2.75, 3.05) is 11.5 Å². The number of aryl methyl sites for hydroxylation is 2. The highest BCUT2D eigenvalue weighted by molar-refractivity contribution is 6.51. The van der Waals surface area contributed by atoms with Crippen LogP contribution >= 0.6 is 0 Å². The Balaban J connectivity index is 1.85. The zero-order valence-electron chi connectivity index (χ0n) is 19.5. The maximum Gasteiger partial charge on any atom is 0.300 e. The van der Waals surface area contributed by atoms with Gasteiger partial charge >= 0.3 is 0 Å². The summed E-state index contributed by atoms with van der Waals surface area (Å²) in [5, 5.41) is 21.7. The molecule has 0 radical (unpaired) electrons. The van der Waals surface area contributed by atoms with E-state index in [1.54, 1.807) is 49.4 Å². The van der Waals surface area contributed by atoms with E-state index in [2.05, 4.69) is 13.8 Å². The van der Waals surface area contributed by atoms with E-state index in [9.17, 15) is 19.8 Å². The van der Waals surface area contributed by atoms with Gasteiger partial charge in [-0.2, -0.15) is 0 Å². The van der Waals surface area contributed by atoms with Crippen LogP contribution in [0, 0.1) is 19.8 Å². The normalized spacial score (nSPS) is 17.6. The Kier molecular flexibility index (Phi) is 6.20. The van der Waals surface area contributed by atoms with Crippen molar-refractivity contribution in [2.24, 2.45) is 5.92 Å². The summed E-state index contributed by atoms with van der Waals surface area (Å²) in [6.07, 6.45) is 0. The third-order valence-corrected chi connectivity index (χ3v) is 5.64. The third-order valence-electron chi connectivity index (χ3n) is 5.64. The van der Waals surface area contributed by atoms with Gasteiger partial charge in [-0.05, 0) is 67.8 Å². The number of para-hydroxylation sites is 2. The molecule has 2 aromatic carbocycles. The Bertz CT molecular complexity index is 1290. The van der Waals surface area contributed by atoms with Gasteiger partial charge in [0.1, 0.15) is 34.8 Å². The Morgan fingerprint density at radius 3 is 2.44 bits per heavy atom. The van der Waals surface area contributed by atoms with E-state index in [4.69, 9.17) is 9.15 Å². The van der Waals surface area contributed by atoms with E-state index in [0.29, 0.717) is 35.4 Å². The van der Waals surface area contributed by atoms with Gasteiger partial charge in [0.2, 0.25) is 0 Å². The summed E-state index contributed by atoms with van der Waals surface area (Å²) in [5.41, 5.74) is 1.19. The lowest BCUT2D eigenvalue weighted by atomic mass is 9.98. The van der Waals surface area contributed by atoms with E-state index in [-0.39, 0.29) is 22.8 Å². The number of aliphatic hydroxyl groups excluding tert-OH is 1. The van der Waals surface area contributed by atoms with Crippen LogP contribution in [0.4, 0.5) is 5.69 Å². The summed E-state index contributed by atoms with van der Waals surface area (Å²) in [4.78, 5) is 27.5. The van der Waals surface area contributed by atoms with Crippen LogP contribution in [-0.2, 0) is 9.59 Å². The summed E-state index contributed by atoms with van der Waals surface area (Å²) in [6.45, 7) is 8.25. The maximum atomic E-state index is 13.2. The number of furan rings is 1. The number of benzene rings is 2. The molecule has 0 bridgehead atoms. The van der Waals surface area contributed by atoms with Crippen LogP contribution < -0.4 is 9.64 Å². The van der Waals surface area contributed by atoms with Gasteiger partial charge in [-0.15, -0.1) is 0 Å². The van der Waals surface area contributed by atoms with Crippen LogP contribution in [0.15, 0.2) is 64.6 Å². The molecule has 1 aliphatic rings. The Hall–Kier alpha value is -4.00. The van der Waals surface area contributed by atoms with Crippen molar-refractivity contribution < 1.29 is 29.0 Å². The fraction of sp³-hybridized carbons (Fsp3) is 0.259. The highest BCUT2D eigenvalue weighted by Gasteiger charge is 2.49. The Labute approximate surface area is 197 Å². The molecule has 176 valence electrons. The molecule has 3 aromatic rings. The molecule has 1 fully saturated rings. The van der Waals surface area contributed by atoms with E-state index in [1.807, 2.05) is 6.92 Å². The van der Waals surface area contributed by atoms with Crippen molar-refractivity contribution in [1.29, 1.82) is 0 Å². The summed E-state index contributed by atoms with van der Waals surface area (Å²) >= 11 is 0. The molecular formula is C27H27NO6. The molecule has 2 N–H and O–H groups in total. The van der Waals surface area contributed by atoms with Crippen LogP contribution in [0.3, 0.4) is 0 Å². The van der Waals surface area contributed by atoms with Crippen LogP contribution in [0.5, 0.6) is 11.5 Å². The van der Waals surface area contributed by atoms with E-state index in [1.165, 1.54) is 12.1 Å². The zero-order valence-corrected chi connectivity index (χ0v) is 19.5. The fourth-order valence-electron chi connectivity index (χ4n) is 3.99. The van der Waals surface area contributed by atoms with E-state index >= 15 is 0 Å². The molecule has 2 heterocycles. The molecule has 1 atom stereocenters. The largest absolute Gasteiger partial charge is 0.507 e. The summed E-state index contributed by atoms with van der Waals surface area (Å²) in [5.74, 6) is -0.300. The monoisotopic (exact) mass is 461 g/mol. The molecule has 1 amide bonds. The quantitative estimate of drug-likeness (QED) is 0.295. The van der Waals surface area contributed by atoms with E-state index < -0.39 is 17.7 Å². The average molecular weight is 462 g/mol. The minimum atomic E-state index is -1.04. The number of phenols is 1. The number of anilines is 1. The lowest BCUT2D eigenvalue weighted by Crippen LogP contribution is -2.29. The number of phenolic OH excluding ortho intramolecular Hbond substituents is 1. The van der Waals surface area contributed by atoms with Crippen molar-refractivity contribution in [1.82, 2.24) is 0 Å². The number of Topliss-reactive ketones (excluding diaryl/α,β-unsaturated/α-hetero) is 1. The predicted molar refractivity (Wildman–Crippen MR) is 128 cm³/mol. The number of aliphatic hydroxyl groups is 1. The maximum absolute atomic E-state index is 13.2. The first-order valence-electron chi connectivity index (χ1n) is 11.1. The van der Waals surface area contributed by atoms with Crippen LogP contribution in [-0.4, -0.2) is 28.5 Å². The minimum absolute atomic E-state index is 0.113. The molecule has 34 heavy (non-hydrogen) atoms. The number of ketones is 1. The molecule has 0 aliphatic carbocycles. The van der Waals surface area contributed by atoms with Crippen LogP contribution in [0.1, 0.15) is 42.5 Å². The molecule has 1 aliphatic heterocycles. The number of hydrogen-bond acceptors (Lipinski definition) is 6. The van der Waals surface area contributed by atoms with Gasteiger partial charge in [0.05, 0.1) is 17.9 Å². The topological polar surface area (TPSA) is 100 Å². The number of carbonyl (C=O) groups excluding carboxylic acids is 2. The Morgan fingerprint density at radius 1 is 1.09 bits per heavy atom. The second kappa shape index (κ2) is 9.09. The number of nitrogens with zero attached hydrogens (tertiary/aromatic N) is 1. The van der Waals surface area contributed by atoms with Gasteiger partial charge in [-0.25, -0.2) is 0 Å². The van der Waals surface area contributed by atoms with Crippen molar-refractivity contribution in [3.63, 3.8) is 0 Å². The minimum Gasteiger partial charge on any atom is -0.507 e. The van der Waals surface area contributed by atoms with Gasteiger partial charge in [-0.1, -0.05) is 26.0 Å². The first-order valence-corrected chi connectivity index (χ1v) is 11.1. The standard InChI is InChI=1S/C27H27NO6/c1-15(2)14-33-21-12-10-18(13-16(21)3)25(30)23-24(22-11-9-17(4)34-22)28(27(32)26(23)31)19-7-5-6-8-20(19)29/h5-13,15,24,29-30H,14H2,1-4H3/b25-23-. The second-order valence-electron chi connectivity index (χ2n) is 8.79. The molecule has 1 saturated heterocycles. The number of carbonyl (C=O) groups is 2. The van der Waals surface area contributed by atoms with Crippen molar-refractivity contribution >= 4 is 23.1 Å². The lowest BCUT2D eigenvalue weighted by Gasteiger charge is -2.24. The van der Waals surface area contributed by atoms with Crippen molar-refractivity contribution in [3.05, 3.63) is 82.8 Å². The van der Waals surface area contributed by atoms with Crippen molar-refractivity contribution in [2.45, 2.75) is 33.7 Å². The molecule has 0 saturated carbocycles. The van der Waals surface area contributed by atoms with Crippen molar-refractivity contribution in [3.8, 4) is 11.5 Å². The number of ether oxygens (including phenoxy) is 1. The summed E-state index contributed by atoms with van der Waals surface area (Å²) in [6, 6.07) is 13.7. The molecule has 1 unspecified atom stereocenters. The van der Waals surface area contributed by atoms with Crippen LogP contribution in [0.25, 0.3) is 5.76 Å². The predicted octanol–water partition coefficient (Wildman–Crippen LogP) is 5.26. The summed E-state index contributed by atoms with van der Waals surface area (Å²) < 4.78 is 11.6. The Morgan fingerprint density at radius 2 is 1.82 bits per heavy atom.